The van der Waals surface area contributed by atoms with Crippen molar-refractivity contribution in [2.75, 3.05) is 5.32 Å². The number of nitrogens with one attached hydrogen (secondary N) is 1. The standard InChI is InChI=1S/C18H18F3N3O5/c1-3-13(28-17(22)26)16(25)24-11-5-7-15(23-9-11)27-12-6-4-10(2)14(8-12)29-18(19,20)21/h4-9,13H,3H2,1-2H3,(H2,22,26)(H,24,25)/t13-/m1/s1. The average Bonchev–Trinajstić information content (AvgIpc) is 2.62. The number of anilines is 1. The number of hydrogen-bond donors (Lipinski definition) is 2. The second-order valence-corrected chi connectivity index (χ2v) is 5.79. The Morgan fingerprint density at radius 3 is 2.52 bits per heavy atom. The van der Waals surface area contributed by atoms with E-state index in [2.05, 4.69) is 19.8 Å². The summed E-state index contributed by atoms with van der Waals surface area (Å²) in [5.74, 6) is -0.821. The number of amides is 2. The summed E-state index contributed by atoms with van der Waals surface area (Å²) in [6, 6.07) is 6.82. The summed E-state index contributed by atoms with van der Waals surface area (Å²) in [5.41, 5.74) is 5.48. The average molecular weight is 413 g/mol. The van der Waals surface area contributed by atoms with E-state index in [-0.39, 0.29) is 29.4 Å². The molecule has 2 aromatic rings. The van der Waals surface area contributed by atoms with Crippen molar-refractivity contribution in [2.45, 2.75) is 32.7 Å². The van der Waals surface area contributed by atoms with E-state index < -0.39 is 24.5 Å². The Hall–Kier alpha value is -3.50. The van der Waals surface area contributed by atoms with Gasteiger partial charge in [0.15, 0.2) is 6.10 Å². The number of aromatic nitrogens is 1. The van der Waals surface area contributed by atoms with Crippen LogP contribution in [0.1, 0.15) is 18.9 Å². The van der Waals surface area contributed by atoms with Crippen molar-refractivity contribution in [3.05, 3.63) is 42.1 Å². The summed E-state index contributed by atoms with van der Waals surface area (Å²) >= 11 is 0. The smallest absolute Gasteiger partial charge is 0.439 e. The lowest BCUT2D eigenvalue weighted by molar-refractivity contribution is -0.274. The Morgan fingerprint density at radius 2 is 1.97 bits per heavy atom. The Morgan fingerprint density at radius 1 is 1.24 bits per heavy atom. The molecule has 0 fully saturated rings. The molecular weight excluding hydrogens is 395 g/mol. The summed E-state index contributed by atoms with van der Waals surface area (Å²) in [5, 5.41) is 2.50. The molecule has 0 saturated heterocycles. The van der Waals surface area contributed by atoms with Gasteiger partial charge in [0.1, 0.15) is 11.5 Å². The quantitative estimate of drug-likeness (QED) is 0.712. The van der Waals surface area contributed by atoms with Gasteiger partial charge in [0.2, 0.25) is 5.88 Å². The number of nitrogens with zero attached hydrogens (tertiary/aromatic N) is 1. The highest BCUT2D eigenvalue weighted by molar-refractivity contribution is 5.95. The van der Waals surface area contributed by atoms with E-state index in [1.807, 2.05) is 0 Å². The largest absolute Gasteiger partial charge is 0.573 e. The number of rotatable bonds is 7. The molecule has 1 aromatic heterocycles. The third kappa shape index (κ3) is 6.87. The maximum Gasteiger partial charge on any atom is 0.573 e. The predicted octanol–water partition coefficient (Wildman–Crippen LogP) is 3.89. The third-order valence-electron chi connectivity index (χ3n) is 3.53. The number of hydrogen-bond acceptors (Lipinski definition) is 6. The molecule has 0 aliphatic rings. The summed E-state index contributed by atoms with van der Waals surface area (Å²) in [6.45, 7) is 3.10. The lowest BCUT2D eigenvalue weighted by Crippen LogP contribution is -2.33. The molecule has 29 heavy (non-hydrogen) atoms. The van der Waals surface area contributed by atoms with Crippen LogP contribution in [0.4, 0.5) is 23.7 Å². The molecule has 0 bridgehead atoms. The first-order valence-electron chi connectivity index (χ1n) is 8.34. The minimum atomic E-state index is -4.82. The molecule has 1 heterocycles. The highest BCUT2D eigenvalue weighted by atomic mass is 19.4. The van der Waals surface area contributed by atoms with Gasteiger partial charge in [-0.1, -0.05) is 13.0 Å². The topological polar surface area (TPSA) is 113 Å². The molecule has 1 aromatic carbocycles. The molecule has 2 amide bonds. The SMILES string of the molecule is CC[C@@H](OC(N)=O)C(=O)Nc1ccc(Oc2ccc(C)c(OC(F)(F)F)c2)nc1. The highest BCUT2D eigenvalue weighted by Gasteiger charge is 2.32. The van der Waals surface area contributed by atoms with E-state index in [1.165, 1.54) is 37.4 Å². The number of pyridine rings is 1. The van der Waals surface area contributed by atoms with Gasteiger partial charge in [0.25, 0.3) is 5.91 Å². The van der Waals surface area contributed by atoms with E-state index in [1.54, 1.807) is 6.92 Å². The Bertz CT molecular complexity index is 872. The fourth-order valence-corrected chi connectivity index (χ4v) is 2.20. The van der Waals surface area contributed by atoms with Crippen molar-refractivity contribution in [1.29, 1.82) is 0 Å². The minimum absolute atomic E-state index is 0.0743. The molecule has 0 radical (unpaired) electrons. The number of halogens is 3. The zero-order valence-electron chi connectivity index (χ0n) is 15.4. The number of nitrogens with two attached hydrogens (primary N) is 1. The number of carbonyl (C=O) groups excluding carboxylic acids is 2. The highest BCUT2D eigenvalue weighted by Crippen LogP contribution is 2.31. The number of benzene rings is 1. The van der Waals surface area contributed by atoms with Gasteiger partial charge in [-0.05, 0) is 31.0 Å². The van der Waals surface area contributed by atoms with E-state index in [0.717, 1.165) is 6.07 Å². The van der Waals surface area contributed by atoms with E-state index in [9.17, 15) is 22.8 Å². The van der Waals surface area contributed by atoms with Crippen LogP contribution in [0.2, 0.25) is 0 Å². The van der Waals surface area contributed by atoms with Gasteiger partial charge >= 0.3 is 12.5 Å². The van der Waals surface area contributed by atoms with Gasteiger partial charge in [-0.15, -0.1) is 13.2 Å². The molecule has 0 aliphatic carbocycles. The molecule has 0 unspecified atom stereocenters. The van der Waals surface area contributed by atoms with E-state index >= 15 is 0 Å². The fraction of sp³-hybridized carbons (Fsp3) is 0.278. The zero-order valence-corrected chi connectivity index (χ0v) is 15.4. The summed E-state index contributed by atoms with van der Waals surface area (Å²) in [6.07, 6.45) is -5.45. The van der Waals surface area contributed by atoms with Crippen molar-refractivity contribution < 1.29 is 37.0 Å². The van der Waals surface area contributed by atoms with E-state index in [4.69, 9.17) is 10.5 Å². The van der Waals surface area contributed by atoms with Gasteiger partial charge in [-0.25, -0.2) is 9.78 Å². The van der Waals surface area contributed by atoms with Gasteiger partial charge in [-0.3, -0.25) is 4.79 Å². The van der Waals surface area contributed by atoms with Crippen LogP contribution in [-0.2, 0) is 9.53 Å². The van der Waals surface area contributed by atoms with Crippen LogP contribution in [0.15, 0.2) is 36.5 Å². The summed E-state index contributed by atoms with van der Waals surface area (Å²) < 4.78 is 51.3. The summed E-state index contributed by atoms with van der Waals surface area (Å²) in [7, 11) is 0. The third-order valence-corrected chi connectivity index (χ3v) is 3.53. The van der Waals surface area contributed by atoms with Crippen LogP contribution in [-0.4, -0.2) is 29.5 Å². The second kappa shape index (κ2) is 9.13. The van der Waals surface area contributed by atoms with Crippen LogP contribution in [0.25, 0.3) is 0 Å². The van der Waals surface area contributed by atoms with Crippen LogP contribution in [0, 0.1) is 6.92 Å². The monoisotopic (exact) mass is 413 g/mol. The lowest BCUT2D eigenvalue weighted by atomic mass is 10.2. The van der Waals surface area contributed by atoms with Gasteiger partial charge in [-0.2, -0.15) is 0 Å². The minimum Gasteiger partial charge on any atom is -0.439 e. The predicted molar refractivity (Wildman–Crippen MR) is 95.6 cm³/mol. The molecule has 8 nitrogen and oxygen atoms in total. The van der Waals surface area contributed by atoms with Crippen molar-refractivity contribution in [3.63, 3.8) is 0 Å². The Balaban J connectivity index is 2.05. The van der Waals surface area contributed by atoms with Crippen molar-refractivity contribution in [2.24, 2.45) is 5.73 Å². The van der Waals surface area contributed by atoms with Crippen LogP contribution in [0.5, 0.6) is 17.4 Å². The van der Waals surface area contributed by atoms with E-state index in [0.29, 0.717) is 5.69 Å². The maximum absolute atomic E-state index is 12.4. The van der Waals surface area contributed by atoms with Crippen molar-refractivity contribution in [1.82, 2.24) is 4.98 Å². The Labute approximate surface area is 163 Å². The molecule has 2 rings (SSSR count). The van der Waals surface area contributed by atoms with Gasteiger partial charge in [0, 0.05) is 12.1 Å². The number of ether oxygens (including phenoxy) is 3. The second-order valence-electron chi connectivity index (χ2n) is 5.79. The van der Waals surface area contributed by atoms with Crippen molar-refractivity contribution >= 4 is 17.7 Å². The first kappa shape index (κ1) is 21.8. The molecular formula is C18H18F3N3O5. The van der Waals surface area contributed by atoms with Gasteiger partial charge in [0.05, 0.1) is 11.9 Å². The molecule has 11 heteroatoms. The normalized spacial score (nSPS) is 12.0. The fourth-order valence-electron chi connectivity index (χ4n) is 2.20. The zero-order chi connectivity index (χ0) is 21.6. The van der Waals surface area contributed by atoms with Crippen LogP contribution in [0.3, 0.4) is 0 Å². The first-order valence-corrected chi connectivity index (χ1v) is 8.34. The van der Waals surface area contributed by atoms with Gasteiger partial charge < -0.3 is 25.3 Å². The molecule has 0 aliphatic heterocycles. The molecule has 0 saturated carbocycles. The maximum atomic E-state index is 12.4. The molecule has 3 N–H and O–H groups in total. The molecule has 156 valence electrons. The number of aryl methyl sites for hydroxylation is 1. The van der Waals surface area contributed by atoms with Crippen LogP contribution >= 0.6 is 0 Å². The Kier molecular flexibility index (Phi) is 6.86. The number of primary amides is 1. The first-order chi connectivity index (χ1) is 13.6. The van der Waals surface area contributed by atoms with Crippen LogP contribution < -0.4 is 20.5 Å². The summed E-state index contributed by atoms with van der Waals surface area (Å²) in [4.78, 5) is 26.8. The number of carbonyl (C=O) groups is 2. The lowest BCUT2D eigenvalue weighted by Gasteiger charge is -2.15. The number of alkyl halides is 3. The molecule has 0 spiro atoms. The van der Waals surface area contributed by atoms with Crippen molar-refractivity contribution in [3.8, 4) is 17.4 Å². The molecule has 1 atom stereocenters.